The second-order valence-electron chi connectivity index (χ2n) is 4.62. The van der Waals surface area contributed by atoms with Crippen molar-refractivity contribution in [2.24, 2.45) is 5.84 Å². The van der Waals surface area contributed by atoms with Crippen LogP contribution in [-0.4, -0.2) is 19.2 Å². The number of hydrogen-bond donors (Lipinski definition) is 2. The lowest BCUT2D eigenvalue weighted by molar-refractivity contribution is 0.726. The number of nitrogens with zero attached hydrogens (tertiary/aromatic N) is 4. The van der Waals surface area contributed by atoms with Gasteiger partial charge in [-0.1, -0.05) is 11.6 Å². The van der Waals surface area contributed by atoms with E-state index in [2.05, 4.69) is 15.5 Å². The number of aromatic nitrogens is 4. The first-order chi connectivity index (χ1) is 10.1. The fourth-order valence-corrected chi connectivity index (χ4v) is 2.27. The molecule has 3 N–H and O–H groups in total. The van der Waals surface area contributed by atoms with Crippen molar-refractivity contribution in [1.82, 2.24) is 19.2 Å². The zero-order valence-electron chi connectivity index (χ0n) is 11.2. The molecule has 0 atom stereocenters. The number of halogens is 1. The average molecular weight is 305 g/mol. The Labute approximate surface area is 124 Å². The van der Waals surface area contributed by atoms with Crippen LogP contribution in [0.4, 0.5) is 5.82 Å². The first kappa shape index (κ1) is 13.6. The first-order valence-corrected chi connectivity index (χ1v) is 6.64. The zero-order valence-corrected chi connectivity index (χ0v) is 12.0. The van der Waals surface area contributed by atoms with Crippen LogP contribution in [-0.2, 0) is 6.54 Å². The topological polar surface area (TPSA) is 90.2 Å². The number of hydrazine groups is 1. The number of pyridine rings is 1. The second-order valence-corrected chi connectivity index (χ2v) is 5.02. The summed E-state index contributed by atoms with van der Waals surface area (Å²) in [5.74, 6) is 5.82. The molecule has 0 aliphatic carbocycles. The minimum atomic E-state index is -0.151. The summed E-state index contributed by atoms with van der Waals surface area (Å²) in [5, 5.41) is 4.68. The molecule has 3 rings (SSSR count). The van der Waals surface area contributed by atoms with E-state index in [1.165, 1.54) is 4.57 Å². The molecule has 0 radical (unpaired) electrons. The van der Waals surface area contributed by atoms with Crippen LogP contribution in [0.2, 0.25) is 5.02 Å². The van der Waals surface area contributed by atoms with Crippen LogP contribution in [0.25, 0.3) is 5.52 Å². The van der Waals surface area contributed by atoms with Gasteiger partial charge >= 0.3 is 0 Å². The van der Waals surface area contributed by atoms with Crippen molar-refractivity contribution in [1.29, 1.82) is 0 Å². The van der Waals surface area contributed by atoms with Crippen molar-refractivity contribution in [2.75, 3.05) is 5.43 Å². The van der Waals surface area contributed by atoms with E-state index in [9.17, 15) is 4.79 Å². The van der Waals surface area contributed by atoms with Crippen LogP contribution in [0.3, 0.4) is 0 Å². The molecule has 3 aromatic rings. The number of anilines is 1. The molecule has 0 saturated heterocycles. The van der Waals surface area contributed by atoms with Crippen LogP contribution in [0.5, 0.6) is 0 Å². The molecule has 0 amide bonds. The number of rotatable bonds is 3. The molecule has 21 heavy (non-hydrogen) atoms. The summed E-state index contributed by atoms with van der Waals surface area (Å²) in [6.07, 6.45) is 3.38. The van der Waals surface area contributed by atoms with Crippen molar-refractivity contribution in [3.05, 3.63) is 57.4 Å². The van der Waals surface area contributed by atoms with Gasteiger partial charge in [-0.2, -0.15) is 5.10 Å². The number of nitrogen functional groups attached to an aromatic ring is 1. The van der Waals surface area contributed by atoms with Crippen molar-refractivity contribution < 1.29 is 0 Å². The Bertz CT molecular complexity index is 869. The third-order valence-electron chi connectivity index (χ3n) is 3.11. The van der Waals surface area contributed by atoms with Gasteiger partial charge in [0.2, 0.25) is 0 Å². The van der Waals surface area contributed by atoms with E-state index >= 15 is 0 Å². The van der Waals surface area contributed by atoms with Gasteiger partial charge in [-0.05, 0) is 25.1 Å². The van der Waals surface area contributed by atoms with Gasteiger partial charge < -0.3 is 9.99 Å². The highest BCUT2D eigenvalue weighted by atomic mass is 35.5. The van der Waals surface area contributed by atoms with E-state index in [4.69, 9.17) is 17.4 Å². The Morgan fingerprint density at radius 2 is 2.19 bits per heavy atom. The van der Waals surface area contributed by atoms with E-state index < -0.39 is 0 Å². The van der Waals surface area contributed by atoms with Crippen LogP contribution >= 0.6 is 11.6 Å². The molecule has 0 aliphatic heterocycles. The Hall–Kier alpha value is -2.38. The molecule has 3 aromatic heterocycles. The summed E-state index contributed by atoms with van der Waals surface area (Å²) in [4.78, 5) is 16.7. The van der Waals surface area contributed by atoms with Gasteiger partial charge in [0, 0.05) is 12.4 Å². The van der Waals surface area contributed by atoms with E-state index in [1.807, 2.05) is 6.92 Å². The molecule has 0 aliphatic rings. The van der Waals surface area contributed by atoms with E-state index in [1.54, 1.807) is 35.1 Å². The summed E-state index contributed by atoms with van der Waals surface area (Å²) in [5.41, 5.74) is 4.17. The van der Waals surface area contributed by atoms with Gasteiger partial charge in [0.1, 0.15) is 11.3 Å². The van der Waals surface area contributed by atoms with Gasteiger partial charge in [-0.15, -0.1) is 0 Å². The molecule has 7 nitrogen and oxygen atoms in total. The monoisotopic (exact) mass is 304 g/mol. The van der Waals surface area contributed by atoms with Crippen LogP contribution in [0.1, 0.15) is 11.4 Å². The lowest BCUT2D eigenvalue weighted by Gasteiger charge is -2.09. The van der Waals surface area contributed by atoms with E-state index in [0.717, 1.165) is 5.69 Å². The molecule has 0 aromatic carbocycles. The van der Waals surface area contributed by atoms with Crippen molar-refractivity contribution in [3.63, 3.8) is 0 Å². The molecule has 0 fully saturated rings. The quantitative estimate of drug-likeness (QED) is 0.560. The summed E-state index contributed by atoms with van der Waals surface area (Å²) in [7, 11) is 0. The zero-order chi connectivity index (χ0) is 15.0. The standard InChI is InChI=1S/C13H13ClN6O/c1-8-6-11-13(21)19(4-5-20(11)18-8)7-10-9(14)2-3-12(16-10)17-15/h2-6H,7,15H2,1H3,(H,16,17). The van der Waals surface area contributed by atoms with Gasteiger partial charge in [-0.25, -0.2) is 15.3 Å². The van der Waals surface area contributed by atoms with Gasteiger partial charge in [-0.3, -0.25) is 4.79 Å². The normalized spacial score (nSPS) is 11.0. The number of aryl methyl sites for hydroxylation is 1. The minimum absolute atomic E-state index is 0.151. The largest absolute Gasteiger partial charge is 0.308 e. The molecular weight excluding hydrogens is 292 g/mol. The predicted octanol–water partition coefficient (Wildman–Crippen LogP) is 1.19. The Kier molecular flexibility index (Phi) is 3.36. The fourth-order valence-electron chi connectivity index (χ4n) is 2.11. The average Bonchev–Trinajstić information content (AvgIpc) is 2.85. The third-order valence-corrected chi connectivity index (χ3v) is 3.46. The van der Waals surface area contributed by atoms with Crippen molar-refractivity contribution in [3.8, 4) is 0 Å². The smallest absolute Gasteiger partial charge is 0.276 e. The molecule has 0 bridgehead atoms. The maximum Gasteiger partial charge on any atom is 0.276 e. The van der Waals surface area contributed by atoms with Crippen LogP contribution in [0.15, 0.2) is 35.4 Å². The Balaban J connectivity index is 2.06. The highest BCUT2D eigenvalue weighted by Crippen LogP contribution is 2.17. The number of hydrogen-bond acceptors (Lipinski definition) is 5. The summed E-state index contributed by atoms with van der Waals surface area (Å²) < 4.78 is 3.09. The molecule has 0 unspecified atom stereocenters. The lowest BCUT2D eigenvalue weighted by atomic mass is 10.3. The molecule has 0 saturated carbocycles. The summed E-state index contributed by atoms with van der Waals surface area (Å²) in [6.45, 7) is 2.10. The summed E-state index contributed by atoms with van der Waals surface area (Å²) in [6, 6.07) is 5.09. The van der Waals surface area contributed by atoms with E-state index in [-0.39, 0.29) is 12.1 Å². The number of nitrogens with one attached hydrogen (secondary N) is 1. The van der Waals surface area contributed by atoms with Gasteiger partial charge in [0.15, 0.2) is 0 Å². The molecule has 108 valence electrons. The van der Waals surface area contributed by atoms with Crippen LogP contribution < -0.4 is 16.8 Å². The fraction of sp³-hybridized carbons (Fsp3) is 0.154. The maximum atomic E-state index is 12.4. The highest BCUT2D eigenvalue weighted by Gasteiger charge is 2.09. The minimum Gasteiger partial charge on any atom is -0.308 e. The third kappa shape index (κ3) is 2.48. The first-order valence-electron chi connectivity index (χ1n) is 6.26. The lowest BCUT2D eigenvalue weighted by Crippen LogP contribution is -2.22. The maximum absolute atomic E-state index is 12.4. The molecule has 3 heterocycles. The SMILES string of the molecule is Cc1cc2c(=O)n(Cc3nc(NN)ccc3Cl)ccn2n1. The highest BCUT2D eigenvalue weighted by molar-refractivity contribution is 6.31. The number of nitrogens with two attached hydrogens (primary N) is 1. The molecule has 8 heteroatoms. The second kappa shape index (κ2) is 5.19. The van der Waals surface area contributed by atoms with Gasteiger partial charge in [0.25, 0.3) is 5.56 Å². The Morgan fingerprint density at radius 3 is 2.95 bits per heavy atom. The Morgan fingerprint density at radius 1 is 1.38 bits per heavy atom. The van der Waals surface area contributed by atoms with Crippen LogP contribution in [0, 0.1) is 6.92 Å². The molecular formula is C13H13ClN6O. The molecule has 0 spiro atoms. The van der Waals surface area contributed by atoms with Gasteiger partial charge in [0.05, 0.1) is 23.0 Å². The van der Waals surface area contributed by atoms with Crippen molar-refractivity contribution in [2.45, 2.75) is 13.5 Å². The van der Waals surface area contributed by atoms with Crippen molar-refractivity contribution >= 4 is 22.9 Å². The predicted molar refractivity (Wildman–Crippen MR) is 80.3 cm³/mol. The van der Waals surface area contributed by atoms with E-state index in [0.29, 0.717) is 22.1 Å². The summed E-state index contributed by atoms with van der Waals surface area (Å²) >= 11 is 6.11. The number of fused-ring (bicyclic) bond motifs is 1.